The molecule has 0 unspecified atom stereocenters. The first-order chi connectivity index (χ1) is 12.9. The standard InChI is InChI=1S/C20H22ClNO5/c1-13(2)10-11-26-19(23)15-6-4-5-7-17(15)27-20(24)22-16-12-14(21)8-9-18(16)25-3/h4-9,12-13H,10-11H2,1-3H3,(H,22,24). The van der Waals surface area contributed by atoms with E-state index in [-0.39, 0.29) is 11.3 Å². The summed E-state index contributed by atoms with van der Waals surface area (Å²) in [6.45, 7) is 4.38. The molecular weight excluding hydrogens is 370 g/mol. The molecule has 144 valence electrons. The van der Waals surface area contributed by atoms with Crippen LogP contribution in [0.5, 0.6) is 11.5 Å². The van der Waals surface area contributed by atoms with Crippen LogP contribution in [-0.4, -0.2) is 25.8 Å². The van der Waals surface area contributed by atoms with E-state index < -0.39 is 12.1 Å². The quantitative estimate of drug-likeness (QED) is 0.659. The van der Waals surface area contributed by atoms with Crippen LogP contribution in [-0.2, 0) is 4.74 Å². The Balaban J connectivity index is 2.08. The Morgan fingerprint density at radius 1 is 1.11 bits per heavy atom. The Kier molecular flexibility index (Phi) is 7.49. The summed E-state index contributed by atoms with van der Waals surface area (Å²) < 4.78 is 15.7. The SMILES string of the molecule is COc1ccc(Cl)cc1NC(=O)Oc1ccccc1C(=O)OCCC(C)C. The first-order valence-corrected chi connectivity index (χ1v) is 8.87. The summed E-state index contributed by atoms with van der Waals surface area (Å²) >= 11 is 5.95. The summed E-state index contributed by atoms with van der Waals surface area (Å²) in [6, 6.07) is 11.2. The number of rotatable bonds is 7. The van der Waals surface area contributed by atoms with Gasteiger partial charge in [0.15, 0.2) is 0 Å². The van der Waals surface area contributed by atoms with Crippen LogP contribution >= 0.6 is 11.6 Å². The number of para-hydroxylation sites is 1. The van der Waals surface area contributed by atoms with E-state index in [1.807, 2.05) is 13.8 Å². The molecule has 0 aliphatic heterocycles. The lowest BCUT2D eigenvalue weighted by Gasteiger charge is -2.13. The number of hydrogen-bond acceptors (Lipinski definition) is 5. The van der Waals surface area contributed by atoms with Crippen LogP contribution in [0.25, 0.3) is 0 Å². The Labute approximate surface area is 163 Å². The topological polar surface area (TPSA) is 73.9 Å². The lowest BCUT2D eigenvalue weighted by atomic mass is 10.1. The number of ether oxygens (including phenoxy) is 3. The molecule has 0 atom stereocenters. The molecule has 1 amide bonds. The second kappa shape index (κ2) is 9.83. The zero-order valence-electron chi connectivity index (χ0n) is 15.5. The van der Waals surface area contributed by atoms with Gasteiger partial charge in [-0.05, 0) is 42.7 Å². The predicted octanol–water partition coefficient (Wildman–Crippen LogP) is 5.16. The molecule has 0 aliphatic carbocycles. The Hall–Kier alpha value is -2.73. The monoisotopic (exact) mass is 391 g/mol. The highest BCUT2D eigenvalue weighted by Gasteiger charge is 2.17. The molecule has 0 aliphatic rings. The molecule has 7 heteroatoms. The van der Waals surface area contributed by atoms with Crippen LogP contribution in [0.2, 0.25) is 5.02 Å². The van der Waals surface area contributed by atoms with Gasteiger partial charge in [-0.2, -0.15) is 0 Å². The summed E-state index contributed by atoms with van der Waals surface area (Å²) in [5.41, 5.74) is 0.529. The van der Waals surface area contributed by atoms with Crippen molar-refractivity contribution in [2.45, 2.75) is 20.3 Å². The molecule has 0 saturated heterocycles. The molecule has 1 N–H and O–H groups in total. The highest BCUT2D eigenvalue weighted by Crippen LogP contribution is 2.28. The van der Waals surface area contributed by atoms with Crippen molar-refractivity contribution >= 4 is 29.4 Å². The maximum atomic E-state index is 12.3. The van der Waals surface area contributed by atoms with Crippen molar-refractivity contribution < 1.29 is 23.8 Å². The molecule has 2 rings (SSSR count). The third-order valence-corrected chi connectivity index (χ3v) is 3.87. The highest BCUT2D eigenvalue weighted by molar-refractivity contribution is 6.31. The van der Waals surface area contributed by atoms with E-state index in [0.717, 1.165) is 6.42 Å². The van der Waals surface area contributed by atoms with Crippen molar-refractivity contribution in [2.75, 3.05) is 19.0 Å². The van der Waals surface area contributed by atoms with Gasteiger partial charge in [0.2, 0.25) is 0 Å². The molecule has 0 heterocycles. The van der Waals surface area contributed by atoms with Gasteiger partial charge in [0.25, 0.3) is 0 Å². The van der Waals surface area contributed by atoms with Gasteiger partial charge in [0.05, 0.1) is 19.4 Å². The first-order valence-electron chi connectivity index (χ1n) is 8.49. The number of carbonyl (C=O) groups is 2. The number of halogens is 1. The minimum Gasteiger partial charge on any atom is -0.495 e. The Morgan fingerprint density at radius 3 is 2.56 bits per heavy atom. The second-order valence-electron chi connectivity index (χ2n) is 6.17. The van der Waals surface area contributed by atoms with Gasteiger partial charge in [0.1, 0.15) is 17.1 Å². The predicted molar refractivity (Wildman–Crippen MR) is 104 cm³/mol. The molecule has 27 heavy (non-hydrogen) atoms. The highest BCUT2D eigenvalue weighted by atomic mass is 35.5. The molecular formula is C20H22ClNO5. The fraction of sp³-hybridized carbons (Fsp3) is 0.300. The maximum Gasteiger partial charge on any atom is 0.417 e. The molecule has 2 aromatic rings. The van der Waals surface area contributed by atoms with Crippen LogP contribution in [0.1, 0.15) is 30.6 Å². The van der Waals surface area contributed by atoms with Crippen LogP contribution in [0.15, 0.2) is 42.5 Å². The van der Waals surface area contributed by atoms with Crippen molar-refractivity contribution in [2.24, 2.45) is 5.92 Å². The molecule has 0 spiro atoms. The van der Waals surface area contributed by atoms with Gasteiger partial charge in [0, 0.05) is 5.02 Å². The molecule has 0 aromatic heterocycles. The van der Waals surface area contributed by atoms with Gasteiger partial charge in [-0.15, -0.1) is 0 Å². The van der Waals surface area contributed by atoms with E-state index >= 15 is 0 Å². The van der Waals surface area contributed by atoms with Crippen molar-refractivity contribution in [3.8, 4) is 11.5 Å². The third-order valence-electron chi connectivity index (χ3n) is 3.64. The Bertz CT molecular complexity index is 807. The van der Waals surface area contributed by atoms with Crippen molar-refractivity contribution in [1.82, 2.24) is 0 Å². The zero-order chi connectivity index (χ0) is 19.8. The number of nitrogens with one attached hydrogen (secondary N) is 1. The van der Waals surface area contributed by atoms with Crippen molar-refractivity contribution in [3.05, 3.63) is 53.1 Å². The van der Waals surface area contributed by atoms with Crippen LogP contribution < -0.4 is 14.8 Å². The minimum absolute atomic E-state index is 0.102. The molecule has 0 fully saturated rings. The molecule has 2 aromatic carbocycles. The Morgan fingerprint density at radius 2 is 1.85 bits per heavy atom. The number of amides is 1. The zero-order valence-corrected chi connectivity index (χ0v) is 16.2. The van der Waals surface area contributed by atoms with E-state index in [1.165, 1.54) is 19.2 Å². The third kappa shape index (κ3) is 6.18. The second-order valence-corrected chi connectivity index (χ2v) is 6.61. The number of benzene rings is 2. The van der Waals surface area contributed by atoms with Gasteiger partial charge in [-0.25, -0.2) is 9.59 Å². The summed E-state index contributed by atoms with van der Waals surface area (Å²) in [6.07, 6.45) is -0.0259. The molecule has 6 nitrogen and oxygen atoms in total. The largest absolute Gasteiger partial charge is 0.495 e. The summed E-state index contributed by atoms with van der Waals surface area (Å²) in [4.78, 5) is 24.5. The van der Waals surface area contributed by atoms with Crippen molar-refractivity contribution in [1.29, 1.82) is 0 Å². The first kappa shape index (κ1) is 20.6. The molecule has 0 saturated carbocycles. The summed E-state index contributed by atoms with van der Waals surface area (Å²) in [5.74, 6) is 0.408. The van der Waals surface area contributed by atoms with Crippen LogP contribution in [0, 0.1) is 5.92 Å². The normalized spacial score (nSPS) is 10.4. The number of anilines is 1. The van der Waals surface area contributed by atoms with Gasteiger partial charge < -0.3 is 14.2 Å². The van der Waals surface area contributed by atoms with Gasteiger partial charge >= 0.3 is 12.1 Å². The minimum atomic E-state index is -0.780. The number of methoxy groups -OCH3 is 1. The van der Waals surface area contributed by atoms with Gasteiger partial charge in [-0.1, -0.05) is 37.6 Å². The fourth-order valence-corrected chi connectivity index (χ4v) is 2.37. The van der Waals surface area contributed by atoms with E-state index in [0.29, 0.717) is 29.0 Å². The van der Waals surface area contributed by atoms with Crippen LogP contribution in [0.4, 0.5) is 10.5 Å². The smallest absolute Gasteiger partial charge is 0.417 e. The van der Waals surface area contributed by atoms with Crippen molar-refractivity contribution in [3.63, 3.8) is 0 Å². The van der Waals surface area contributed by atoms with Crippen LogP contribution in [0.3, 0.4) is 0 Å². The average molecular weight is 392 g/mol. The summed E-state index contributed by atoms with van der Waals surface area (Å²) in [7, 11) is 1.47. The number of esters is 1. The van der Waals surface area contributed by atoms with E-state index in [2.05, 4.69) is 5.32 Å². The van der Waals surface area contributed by atoms with Gasteiger partial charge in [-0.3, -0.25) is 5.32 Å². The molecule has 0 radical (unpaired) electrons. The number of carbonyl (C=O) groups excluding carboxylic acids is 2. The van der Waals surface area contributed by atoms with E-state index in [4.69, 9.17) is 25.8 Å². The van der Waals surface area contributed by atoms with E-state index in [9.17, 15) is 9.59 Å². The molecule has 0 bridgehead atoms. The lowest BCUT2D eigenvalue weighted by molar-refractivity contribution is 0.0485. The fourth-order valence-electron chi connectivity index (χ4n) is 2.20. The number of hydrogen-bond donors (Lipinski definition) is 1. The maximum absolute atomic E-state index is 12.3. The van der Waals surface area contributed by atoms with E-state index in [1.54, 1.807) is 30.3 Å². The summed E-state index contributed by atoms with van der Waals surface area (Å²) in [5, 5.41) is 2.98. The lowest BCUT2D eigenvalue weighted by Crippen LogP contribution is -2.19. The average Bonchev–Trinajstić information content (AvgIpc) is 2.62.